The largest absolute Gasteiger partial charge is 0.397 e. The first-order valence-corrected chi connectivity index (χ1v) is 6.64. The van der Waals surface area contributed by atoms with E-state index in [2.05, 4.69) is 46.5 Å². The summed E-state index contributed by atoms with van der Waals surface area (Å²) in [6.07, 6.45) is 1.12. The van der Waals surface area contributed by atoms with Gasteiger partial charge in [0.2, 0.25) is 0 Å². The molecule has 4 heteroatoms. The van der Waals surface area contributed by atoms with Crippen LogP contribution in [0.1, 0.15) is 13.3 Å². The molecule has 3 N–H and O–H groups in total. The molecule has 0 bridgehead atoms. The van der Waals surface area contributed by atoms with Crippen molar-refractivity contribution in [3.63, 3.8) is 0 Å². The number of nitrogen functional groups attached to an aromatic ring is 1. The number of benzene rings is 1. The summed E-state index contributed by atoms with van der Waals surface area (Å²) >= 11 is 2.26. The van der Waals surface area contributed by atoms with Gasteiger partial charge in [0.15, 0.2) is 0 Å². The second-order valence-electron chi connectivity index (χ2n) is 4.41. The van der Waals surface area contributed by atoms with Crippen molar-refractivity contribution < 1.29 is 5.11 Å². The third kappa shape index (κ3) is 2.13. The van der Waals surface area contributed by atoms with Gasteiger partial charge in [0.25, 0.3) is 0 Å². The first-order chi connectivity index (χ1) is 7.63. The minimum atomic E-state index is 0.201. The lowest BCUT2D eigenvalue weighted by molar-refractivity contribution is 0.245. The number of hydrogen-bond acceptors (Lipinski definition) is 3. The molecule has 1 heterocycles. The molecule has 1 aromatic carbocycles. The zero-order chi connectivity index (χ0) is 11.7. The molecule has 1 aromatic rings. The Balaban J connectivity index is 2.30. The van der Waals surface area contributed by atoms with Gasteiger partial charge in [-0.3, -0.25) is 0 Å². The van der Waals surface area contributed by atoms with Gasteiger partial charge in [0, 0.05) is 10.1 Å². The van der Waals surface area contributed by atoms with Crippen molar-refractivity contribution in [3.8, 4) is 0 Å². The van der Waals surface area contributed by atoms with Crippen molar-refractivity contribution in [2.45, 2.75) is 19.4 Å². The predicted molar refractivity (Wildman–Crippen MR) is 75.6 cm³/mol. The molecule has 2 rings (SSSR count). The predicted octanol–water partition coefficient (Wildman–Crippen LogP) is 2.08. The molecule has 16 heavy (non-hydrogen) atoms. The van der Waals surface area contributed by atoms with Crippen LogP contribution in [0.2, 0.25) is 0 Å². The summed E-state index contributed by atoms with van der Waals surface area (Å²) in [4.78, 5) is 2.23. The lowest BCUT2D eigenvalue weighted by Crippen LogP contribution is -2.35. The van der Waals surface area contributed by atoms with Gasteiger partial charge in [-0.2, -0.15) is 0 Å². The van der Waals surface area contributed by atoms with Gasteiger partial charge in [0.05, 0.1) is 24.0 Å². The fourth-order valence-electron chi connectivity index (χ4n) is 2.37. The van der Waals surface area contributed by atoms with Crippen LogP contribution in [-0.4, -0.2) is 24.3 Å². The van der Waals surface area contributed by atoms with Crippen LogP contribution in [-0.2, 0) is 0 Å². The fourth-order valence-corrected chi connectivity index (χ4v) is 2.89. The first kappa shape index (κ1) is 12.0. The second-order valence-corrected chi connectivity index (χ2v) is 5.66. The summed E-state index contributed by atoms with van der Waals surface area (Å²) < 4.78 is 1.15. The van der Waals surface area contributed by atoms with Crippen molar-refractivity contribution in [2.24, 2.45) is 5.92 Å². The summed E-state index contributed by atoms with van der Waals surface area (Å²) in [5.74, 6) is 0.531. The van der Waals surface area contributed by atoms with Crippen molar-refractivity contribution in [2.75, 3.05) is 23.8 Å². The Morgan fingerprint density at radius 3 is 2.94 bits per heavy atom. The third-order valence-electron chi connectivity index (χ3n) is 3.37. The molecule has 3 nitrogen and oxygen atoms in total. The van der Waals surface area contributed by atoms with E-state index in [-0.39, 0.29) is 12.6 Å². The van der Waals surface area contributed by atoms with Crippen LogP contribution in [0.4, 0.5) is 11.4 Å². The summed E-state index contributed by atoms with van der Waals surface area (Å²) in [5.41, 5.74) is 7.90. The maximum atomic E-state index is 9.43. The molecule has 1 fully saturated rings. The summed E-state index contributed by atoms with van der Waals surface area (Å²) in [5, 5.41) is 9.43. The summed E-state index contributed by atoms with van der Waals surface area (Å²) in [6, 6.07) is 6.30. The number of halogens is 1. The quantitative estimate of drug-likeness (QED) is 0.644. The van der Waals surface area contributed by atoms with Crippen LogP contribution in [0, 0.1) is 9.49 Å². The SMILES string of the molecule is CC1CCN(c2ccc(I)cc2N)C1CO. The molecular formula is C12H17IN2O. The molecule has 1 aliphatic rings. The smallest absolute Gasteiger partial charge is 0.0637 e. The van der Waals surface area contributed by atoms with Gasteiger partial charge < -0.3 is 15.7 Å². The zero-order valence-electron chi connectivity index (χ0n) is 9.36. The molecule has 0 aliphatic carbocycles. The van der Waals surface area contributed by atoms with Crippen LogP contribution in [0.3, 0.4) is 0 Å². The standard InChI is InChI=1S/C12H17IN2O/c1-8-4-5-15(12(8)7-16)11-3-2-9(13)6-10(11)14/h2-3,6,8,12,16H,4-5,7,14H2,1H3. The lowest BCUT2D eigenvalue weighted by atomic mass is 10.0. The first-order valence-electron chi connectivity index (χ1n) is 5.56. The second kappa shape index (κ2) is 4.79. The Bertz CT molecular complexity index is 383. The molecule has 88 valence electrons. The maximum absolute atomic E-state index is 9.43. The number of aliphatic hydroxyl groups excluding tert-OH is 1. The highest BCUT2D eigenvalue weighted by Crippen LogP contribution is 2.33. The van der Waals surface area contributed by atoms with E-state index in [1.165, 1.54) is 0 Å². The van der Waals surface area contributed by atoms with Gasteiger partial charge in [-0.05, 0) is 53.1 Å². The Hall–Kier alpha value is -0.490. The van der Waals surface area contributed by atoms with E-state index in [1.807, 2.05) is 6.07 Å². The van der Waals surface area contributed by atoms with Gasteiger partial charge in [0.1, 0.15) is 0 Å². The van der Waals surface area contributed by atoms with E-state index in [0.29, 0.717) is 5.92 Å². The van der Waals surface area contributed by atoms with Crippen LogP contribution in [0.5, 0.6) is 0 Å². The molecule has 1 saturated heterocycles. The number of aliphatic hydroxyl groups is 1. The Morgan fingerprint density at radius 1 is 1.56 bits per heavy atom. The normalized spacial score (nSPS) is 25.1. The van der Waals surface area contributed by atoms with Crippen molar-refractivity contribution in [3.05, 3.63) is 21.8 Å². The molecule has 1 aliphatic heterocycles. The van der Waals surface area contributed by atoms with Crippen LogP contribution >= 0.6 is 22.6 Å². The van der Waals surface area contributed by atoms with E-state index < -0.39 is 0 Å². The molecule has 0 aromatic heterocycles. The molecule has 0 amide bonds. The Morgan fingerprint density at radius 2 is 2.31 bits per heavy atom. The van der Waals surface area contributed by atoms with Gasteiger partial charge in [-0.15, -0.1) is 0 Å². The molecule has 0 saturated carbocycles. The van der Waals surface area contributed by atoms with Crippen molar-refractivity contribution in [1.29, 1.82) is 0 Å². The lowest BCUT2D eigenvalue weighted by Gasteiger charge is -2.28. The average Bonchev–Trinajstić information content (AvgIpc) is 2.59. The van der Waals surface area contributed by atoms with Gasteiger partial charge >= 0.3 is 0 Å². The highest BCUT2D eigenvalue weighted by atomic mass is 127. The molecule has 0 spiro atoms. The van der Waals surface area contributed by atoms with E-state index in [9.17, 15) is 5.11 Å². The Labute approximate surface area is 110 Å². The minimum absolute atomic E-state index is 0.201. The van der Waals surface area contributed by atoms with Crippen LogP contribution < -0.4 is 10.6 Å². The number of rotatable bonds is 2. The van der Waals surface area contributed by atoms with Gasteiger partial charge in [-0.25, -0.2) is 0 Å². The molecule has 0 radical (unpaired) electrons. The topological polar surface area (TPSA) is 49.5 Å². The molecule has 2 atom stereocenters. The monoisotopic (exact) mass is 332 g/mol. The third-order valence-corrected chi connectivity index (χ3v) is 4.04. The van der Waals surface area contributed by atoms with Crippen LogP contribution in [0.25, 0.3) is 0 Å². The van der Waals surface area contributed by atoms with E-state index in [1.54, 1.807) is 0 Å². The van der Waals surface area contributed by atoms with Crippen molar-refractivity contribution >= 4 is 34.0 Å². The van der Waals surface area contributed by atoms with Gasteiger partial charge in [-0.1, -0.05) is 6.92 Å². The fraction of sp³-hybridized carbons (Fsp3) is 0.500. The minimum Gasteiger partial charge on any atom is -0.397 e. The average molecular weight is 332 g/mol. The zero-order valence-corrected chi connectivity index (χ0v) is 11.5. The maximum Gasteiger partial charge on any atom is 0.0637 e. The van der Waals surface area contributed by atoms with E-state index >= 15 is 0 Å². The summed E-state index contributed by atoms with van der Waals surface area (Å²) in [6.45, 7) is 3.37. The number of nitrogens with two attached hydrogens (primary N) is 1. The number of anilines is 2. The number of nitrogens with zero attached hydrogens (tertiary/aromatic N) is 1. The highest BCUT2D eigenvalue weighted by molar-refractivity contribution is 14.1. The molecule has 2 unspecified atom stereocenters. The van der Waals surface area contributed by atoms with E-state index in [4.69, 9.17) is 5.73 Å². The highest BCUT2D eigenvalue weighted by Gasteiger charge is 2.31. The van der Waals surface area contributed by atoms with Crippen LogP contribution in [0.15, 0.2) is 18.2 Å². The summed E-state index contributed by atoms with van der Waals surface area (Å²) in [7, 11) is 0. The Kier molecular flexibility index (Phi) is 3.59. The number of hydrogen-bond donors (Lipinski definition) is 2. The molecular weight excluding hydrogens is 315 g/mol. The van der Waals surface area contributed by atoms with Crippen molar-refractivity contribution in [1.82, 2.24) is 0 Å². The van der Waals surface area contributed by atoms with E-state index in [0.717, 1.165) is 27.9 Å².